The molecular weight excluding hydrogens is 244 g/mol. The zero-order valence-electron chi connectivity index (χ0n) is 11.7. The molecular formula is C14H26N2OS. The van der Waals surface area contributed by atoms with Crippen molar-refractivity contribution in [1.82, 2.24) is 10.2 Å². The van der Waals surface area contributed by atoms with Crippen molar-refractivity contribution in [2.24, 2.45) is 5.92 Å². The van der Waals surface area contributed by atoms with E-state index in [0.717, 1.165) is 12.3 Å². The van der Waals surface area contributed by atoms with E-state index in [9.17, 15) is 4.79 Å². The molecule has 1 saturated heterocycles. The van der Waals surface area contributed by atoms with Gasteiger partial charge in [0.25, 0.3) is 0 Å². The molecule has 0 aromatic heterocycles. The van der Waals surface area contributed by atoms with E-state index in [4.69, 9.17) is 0 Å². The molecule has 3 nitrogen and oxygen atoms in total. The Labute approximate surface area is 115 Å². The first-order valence-electron chi connectivity index (χ1n) is 7.25. The SMILES string of the molecule is CC1CCCCC1N(C)C(=O)CC1CSCCN1. The molecule has 18 heavy (non-hydrogen) atoms. The molecule has 4 heteroatoms. The van der Waals surface area contributed by atoms with Crippen LogP contribution >= 0.6 is 11.8 Å². The Morgan fingerprint density at radius 2 is 2.17 bits per heavy atom. The summed E-state index contributed by atoms with van der Waals surface area (Å²) in [4.78, 5) is 14.4. The Morgan fingerprint density at radius 3 is 2.83 bits per heavy atom. The van der Waals surface area contributed by atoms with Crippen LogP contribution in [-0.4, -0.2) is 48.0 Å². The number of hydrogen-bond acceptors (Lipinski definition) is 3. The average Bonchev–Trinajstić information content (AvgIpc) is 2.39. The molecule has 1 aliphatic heterocycles. The lowest BCUT2D eigenvalue weighted by atomic mass is 9.85. The van der Waals surface area contributed by atoms with Gasteiger partial charge >= 0.3 is 0 Å². The number of thioether (sulfide) groups is 1. The molecule has 1 saturated carbocycles. The lowest BCUT2D eigenvalue weighted by Gasteiger charge is -2.37. The number of carbonyl (C=O) groups is 1. The van der Waals surface area contributed by atoms with Crippen molar-refractivity contribution in [3.63, 3.8) is 0 Å². The van der Waals surface area contributed by atoms with Crippen LogP contribution in [0.1, 0.15) is 39.0 Å². The van der Waals surface area contributed by atoms with Gasteiger partial charge in [0.05, 0.1) is 0 Å². The minimum Gasteiger partial charge on any atom is -0.342 e. The molecule has 0 spiro atoms. The highest BCUT2D eigenvalue weighted by atomic mass is 32.2. The second-order valence-corrected chi connectivity index (χ2v) is 6.91. The van der Waals surface area contributed by atoms with Crippen LogP contribution in [0.5, 0.6) is 0 Å². The van der Waals surface area contributed by atoms with E-state index < -0.39 is 0 Å². The van der Waals surface area contributed by atoms with Crippen molar-refractivity contribution in [2.45, 2.75) is 51.1 Å². The van der Waals surface area contributed by atoms with Crippen LogP contribution in [0.25, 0.3) is 0 Å². The zero-order valence-corrected chi connectivity index (χ0v) is 12.5. The Balaban J connectivity index is 1.83. The summed E-state index contributed by atoms with van der Waals surface area (Å²) in [5.41, 5.74) is 0. The van der Waals surface area contributed by atoms with Gasteiger partial charge in [-0.2, -0.15) is 11.8 Å². The summed E-state index contributed by atoms with van der Waals surface area (Å²) in [6, 6.07) is 0.861. The van der Waals surface area contributed by atoms with Gasteiger partial charge < -0.3 is 10.2 Å². The number of carbonyl (C=O) groups excluding carboxylic acids is 1. The van der Waals surface area contributed by atoms with Crippen molar-refractivity contribution in [3.05, 3.63) is 0 Å². The first kappa shape index (κ1) is 14.2. The highest BCUT2D eigenvalue weighted by molar-refractivity contribution is 7.99. The average molecular weight is 270 g/mol. The van der Waals surface area contributed by atoms with Gasteiger partial charge in [-0.1, -0.05) is 19.8 Å². The fourth-order valence-corrected chi connectivity index (χ4v) is 4.11. The van der Waals surface area contributed by atoms with E-state index in [1.54, 1.807) is 0 Å². The zero-order chi connectivity index (χ0) is 13.0. The van der Waals surface area contributed by atoms with Crippen LogP contribution in [0.4, 0.5) is 0 Å². The van der Waals surface area contributed by atoms with Crippen LogP contribution in [-0.2, 0) is 4.79 Å². The maximum atomic E-state index is 12.3. The molecule has 1 aliphatic carbocycles. The lowest BCUT2D eigenvalue weighted by molar-refractivity contribution is -0.134. The molecule has 0 aromatic carbocycles. The molecule has 2 aliphatic rings. The summed E-state index contributed by atoms with van der Waals surface area (Å²) >= 11 is 1.96. The number of nitrogens with one attached hydrogen (secondary N) is 1. The topological polar surface area (TPSA) is 32.3 Å². The van der Waals surface area contributed by atoms with Gasteiger partial charge in [-0.05, 0) is 18.8 Å². The van der Waals surface area contributed by atoms with Crippen LogP contribution in [0, 0.1) is 5.92 Å². The van der Waals surface area contributed by atoms with Gasteiger partial charge in [0.2, 0.25) is 5.91 Å². The lowest BCUT2D eigenvalue weighted by Crippen LogP contribution is -2.46. The summed E-state index contributed by atoms with van der Waals surface area (Å²) in [5, 5.41) is 3.45. The van der Waals surface area contributed by atoms with Crippen molar-refractivity contribution in [1.29, 1.82) is 0 Å². The third kappa shape index (κ3) is 3.64. The monoisotopic (exact) mass is 270 g/mol. The third-order valence-electron chi connectivity index (χ3n) is 4.38. The molecule has 1 N–H and O–H groups in total. The fraction of sp³-hybridized carbons (Fsp3) is 0.929. The van der Waals surface area contributed by atoms with Crippen LogP contribution in [0.2, 0.25) is 0 Å². The first-order chi connectivity index (χ1) is 8.68. The molecule has 0 aromatic rings. The van der Waals surface area contributed by atoms with E-state index in [-0.39, 0.29) is 0 Å². The molecule has 0 bridgehead atoms. The first-order valence-corrected chi connectivity index (χ1v) is 8.40. The van der Waals surface area contributed by atoms with Gasteiger partial charge in [0.15, 0.2) is 0 Å². The van der Waals surface area contributed by atoms with Crippen molar-refractivity contribution in [3.8, 4) is 0 Å². The summed E-state index contributed by atoms with van der Waals surface area (Å²) in [7, 11) is 2.00. The van der Waals surface area contributed by atoms with E-state index in [1.165, 1.54) is 31.4 Å². The van der Waals surface area contributed by atoms with Crippen LogP contribution in [0.3, 0.4) is 0 Å². The summed E-state index contributed by atoms with van der Waals surface area (Å²) in [5.74, 6) is 3.26. The normalized spacial score (nSPS) is 33.1. The van der Waals surface area contributed by atoms with E-state index in [2.05, 4.69) is 12.2 Å². The molecule has 2 rings (SSSR count). The largest absolute Gasteiger partial charge is 0.342 e. The minimum atomic E-state index is 0.328. The van der Waals surface area contributed by atoms with Gasteiger partial charge in [-0.25, -0.2) is 0 Å². The van der Waals surface area contributed by atoms with E-state index in [1.807, 2.05) is 23.7 Å². The number of amides is 1. The second kappa shape index (κ2) is 6.80. The van der Waals surface area contributed by atoms with Crippen molar-refractivity contribution < 1.29 is 4.79 Å². The Kier molecular flexibility index (Phi) is 5.37. The highest BCUT2D eigenvalue weighted by Gasteiger charge is 2.29. The summed E-state index contributed by atoms with van der Waals surface area (Å²) < 4.78 is 0. The quantitative estimate of drug-likeness (QED) is 0.852. The van der Waals surface area contributed by atoms with Gasteiger partial charge in [0.1, 0.15) is 0 Å². The predicted octanol–water partition coefficient (Wildman–Crippen LogP) is 2.12. The molecule has 0 radical (unpaired) electrons. The van der Waals surface area contributed by atoms with Crippen molar-refractivity contribution >= 4 is 17.7 Å². The van der Waals surface area contributed by atoms with E-state index in [0.29, 0.717) is 30.3 Å². The maximum absolute atomic E-state index is 12.3. The smallest absolute Gasteiger partial charge is 0.224 e. The molecule has 1 amide bonds. The molecule has 104 valence electrons. The molecule has 3 unspecified atom stereocenters. The molecule has 1 heterocycles. The second-order valence-electron chi connectivity index (χ2n) is 5.76. The van der Waals surface area contributed by atoms with Gasteiger partial charge in [-0.15, -0.1) is 0 Å². The molecule has 3 atom stereocenters. The fourth-order valence-electron chi connectivity index (χ4n) is 3.16. The Morgan fingerprint density at radius 1 is 1.39 bits per heavy atom. The standard InChI is InChI=1S/C14H26N2OS/c1-11-5-3-4-6-13(11)16(2)14(17)9-12-10-18-8-7-15-12/h11-13,15H,3-10H2,1-2H3. The Bertz CT molecular complexity index is 279. The highest BCUT2D eigenvalue weighted by Crippen LogP contribution is 2.28. The third-order valence-corrected chi connectivity index (χ3v) is 5.51. The number of nitrogens with zero attached hydrogens (tertiary/aromatic N) is 1. The van der Waals surface area contributed by atoms with Gasteiger partial charge in [0, 0.05) is 43.6 Å². The predicted molar refractivity (Wildman–Crippen MR) is 77.9 cm³/mol. The van der Waals surface area contributed by atoms with Crippen LogP contribution < -0.4 is 5.32 Å². The maximum Gasteiger partial charge on any atom is 0.224 e. The number of hydrogen-bond donors (Lipinski definition) is 1. The summed E-state index contributed by atoms with van der Waals surface area (Å²) in [6.07, 6.45) is 5.76. The van der Waals surface area contributed by atoms with E-state index >= 15 is 0 Å². The van der Waals surface area contributed by atoms with Crippen LogP contribution in [0.15, 0.2) is 0 Å². The minimum absolute atomic E-state index is 0.328. The summed E-state index contributed by atoms with van der Waals surface area (Å²) in [6.45, 7) is 3.34. The Hall–Kier alpha value is -0.220. The van der Waals surface area contributed by atoms with Gasteiger partial charge in [-0.3, -0.25) is 4.79 Å². The molecule has 2 fully saturated rings. The van der Waals surface area contributed by atoms with Crippen molar-refractivity contribution in [2.75, 3.05) is 25.1 Å². The number of rotatable bonds is 3.